The zero-order valence-electron chi connectivity index (χ0n) is 7.25. The third-order valence-electron chi connectivity index (χ3n) is 1.99. The molecule has 0 heterocycles. The highest BCUT2D eigenvalue weighted by Gasteiger charge is 2.29. The van der Waals surface area contributed by atoms with Gasteiger partial charge >= 0.3 is 5.97 Å². The highest BCUT2D eigenvalue weighted by atomic mass is 16.5. The lowest BCUT2D eigenvalue weighted by Gasteiger charge is -2.06. The second kappa shape index (κ2) is 4.10. The predicted octanol–water partition coefficient (Wildman–Crippen LogP) is 1.49. The number of hydrogen-bond acceptors (Lipinski definition) is 3. The zero-order valence-corrected chi connectivity index (χ0v) is 7.25. The topological polar surface area (TPSA) is 50.1 Å². The van der Waals surface area contributed by atoms with Gasteiger partial charge in [-0.25, -0.2) is 0 Å². The molecule has 1 atom stereocenters. The number of esters is 1. The van der Waals surface area contributed by atoms with Gasteiger partial charge in [0.1, 0.15) is 5.92 Å². The van der Waals surface area contributed by atoms with Gasteiger partial charge in [0.05, 0.1) is 12.7 Å². The average Bonchev–Trinajstić information content (AvgIpc) is 2.84. The lowest BCUT2D eigenvalue weighted by molar-refractivity contribution is -0.146. The lowest BCUT2D eigenvalue weighted by atomic mass is 10.0. The second-order valence-electron chi connectivity index (χ2n) is 3.11. The van der Waals surface area contributed by atoms with Crippen LogP contribution in [0.15, 0.2) is 0 Å². The van der Waals surface area contributed by atoms with Crippen molar-refractivity contribution >= 4 is 5.97 Å². The minimum Gasteiger partial charge on any atom is -0.465 e. The molecule has 0 N–H and O–H groups in total. The van der Waals surface area contributed by atoms with Gasteiger partial charge in [0, 0.05) is 0 Å². The minimum atomic E-state index is -0.530. The van der Waals surface area contributed by atoms with Gasteiger partial charge in [0.25, 0.3) is 0 Å². The van der Waals surface area contributed by atoms with Crippen molar-refractivity contribution in [2.45, 2.75) is 26.2 Å². The molecule has 1 fully saturated rings. The van der Waals surface area contributed by atoms with E-state index in [1.807, 2.05) is 6.07 Å². The summed E-state index contributed by atoms with van der Waals surface area (Å²) in [6, 6.07) is 1.98. The maximum atomic E-state index is 11.1. The molecule has 0 aliphatic heterocycles. The van der Waals surface area contributed by atoms with Crippen LogP contribution >= 0.6 is 0 Å². The van der Waals surface area contributed by atoms with E-state index < -0.39 is 5.92 Å². The van der Waals surface area contributed by atoms with Crippen LogP contribution in [0.4, 0.5) is 0 Å². The van der Waals surface area contributed by atoms with E-state index >= 15 is 0 Å². The van der Waals surface area contributed by atoms with Crippen molar-refractivity contribution in [1.82, 2.24) is 0 Å². The molecule has 1 saturated carbocycles. The molecule has 0 spiro atoms. The minimum absolute atomic E-state index is 0.355. The molecule has 0 aromatic heterocycles. The van der Waals surface area contributed by atoms with Gasteiger partial charge in [-0.3, -0.25) is 4.79 Å². The van der Waals surface area contributed by atoms with Crippen LogP contribution in [0, 0.1) is 23.2 Å². The fourth-order valence-electron chi connectivity index (χ4n) is 1.13. The Morgan fingerprint density at radius 3 is 2.83 bits per heavy atom. The van der Waals surface area contributed by atoms with E-state index in [0.29, 0.717) is 18.9 Å². The molecule has 1 aliphatic rings. The maximum absolute atomic E-state index is 11.1. The SMILES string of the molecule is CCOC(=O)C(C#N)CC1CC1. The number of hydrogen-bond donors (Lipinski definition) is 0. The van der Waals surface area contributed by atoms with Gasteiger partial charge in [-0.2, -0.15) is 5.26 Å². The molecule has 66 valence electrons. The number of ether oxygens (including phenoxy) is 1. The summed E-state index contributed by atoms with van der Waals surface area (Å²) in [5, 5.41) is 8.65. The molecule has 3 heteroatoms. The Morgan fingerprint density at radius 2 is 2.42 bits per heavy atom. The van der Waals surface area contributed by atoms with Crippen LogP contribution in [-0.2, 0) is 9.53 Å². The monoisotopic (exact) mass is 167 g/mol. The third kappa shape index (κ3) is 2.54. The van der Waals surface area contributed by atoms with Crippen molar-refractivity contribution in [2.24, 2.45) is 11.8 Å². The van der Waals surface area contributed by atoms with E-state index in [4.69, 9.17) is 10.00 Å². The Bertz CT molecular complexity index is 203. The summed E-state index contributed by atoms with van der Waals surface area (Å²) >= 11 is 0. The Balaban J connectivity index is 2.32. The molecule has 1 rings (SSSR count). The number of nitriles is 1. The van der Waals surface area contributed by atoms with Crippen LogP contribution in [0.2, 0.25) is 0 Å². The molecule has 0 aromatic rings. The maximum Gasteiger partial charge on any atom is 0.323 e. The van der Waals surface area contributed by atoms with Crippen molar-refractivity contribution in [3.8, 4) is 6.07 Å². The number of carbonyl (C=O) groups excluding carboxylic acids is 1. The highest BCUT2D eigenvalue weighted by molar-refractivity contribution is 5.75. The first-order chi connectivity index (χ1) is 5.77. The molecule has 1 unspecified atom stereocenters. The van der Waals surface area contributed by atoms with E-state index in [9.17, 15) is 4.79 Å². The summed E-state index contributed by atoms with van der Waals surface area (Å²) in [5.41, 5.74) is 0. The van der Waals surface area contributed by atoms with Crippen LogP contribution in [0.1, 0.15) is 26.2 Å². The first-order valence-corrected chi connectivity index (χ1v) is 4.34. The molecule has 0 bridgehead atoms. The number of carbonyl (C=O) groups is 1. The van der Waals surface area contributed by atoms with Gasteiger partial charge in [-0.15, -0.1) is 0 Å². The molecule has 0 radical (unpaired) electrons. The smallest absolute Gasteiger partial charge is 0.323 e. The summed E-state index contributed by atoms with van der Waals surface area (Å²) in [5.74, 6) is -0.289. The molecule has 1 aliphatic carbocycles. The second-order valence-corrected chi connectivity index (χ2v) is 3.11. The predicted molar refractivity (Wildman–Crippen MR) is 43.1 cm³/mol. The summed E-state index contributed by atoms with van der Waals surface area (Å²) in [7, 11) is 0. The van der Waals surface area contributed by atoms with Crippen molar-refractivity contribution in [3.63, 3.8) is 0 Å². The third-order valence-corrected chi connectivity index (χ3v) is 1.99. The van der Waals surface area contributed by atoms with Crippen LogP contribution in [0.3, 0.4) is 0 Å². The first-order valence-electron chi connectivity index (χ1n) is 4.34. The number of nitrogens with zero attached hydrogens (tertiary/aromatic N) is 1. The fraction of sp³-hybridized carbons (Fsp3) is 0.778. The van der Waals surface area contributed by atoms with E-state index in [-0.39, 0.29) is 5.97 Å². The highest BCUT2D eigenvalue weighted by Crippen LogP contribution is 2.35. The molecule has 0 saturated heterocycles. The van der Waals surface area contributed by atoms with Gasteiger partial charge in [-0.05, 0) is 19.3 Å². The van der Waals surface area contributed by atoms with Crippen molar-refractivity contribution < 1.29 is 9.53 Å². The standard InChI is InChI=1S/C9H13NO2/c1-2-12-9(11)8(6-10)5-7-3-4-7/h7-8H,2-5H2,1H3. The van der Waals surface area contributed by atoms with Crippen LogP contribution in [0.5, 0.6) is 0 Å². The van der Waals surface area contributed by atoms with Crippen molar-refractivity contribution in [1.29, 1.82) is 5.26 Å². The van der Waals surface area contributed by atoms with Gasteiger partial charge in [0.2, 0.25) is 0 Å². The average molecular weight is 167 g/mol. The van der Waals surface area contributed by atoms with E-state index in [1.54, 1.807) is 6.92 Å². The Hall–Kier alpha value is -1.04. The molecule has 0 aromatic carbocycles. The van der Waals surface area contributed by atoms with E-state index in [2.05, 4.69) is 0 Å². The zero-order chi connectivity index (χ0) is 8.97. The largest absolute Gasteiger partial charge is 0.465 e. The van der Waals surface area contributed by atoms with Gasteiger partial charge < -0.3 is 4.74 Å². The quantitative estimate of drug-likeness (QED) is 0.596. The Morgan fingerprint density at radius 1 is 1.75 bits per heavy atom. The summed E-state index contributed by atoms with van der Waals surface area (Å²) in [6.07, 6.45) is 3.02. The van der Waals surface area contributed by atoms with Crippen LogP contribution in [-0.4, -0.2) is 12.6 Å². The van der Waals surface area contributed by atoms with E-state index in [0.717, 1.165) is 12.8 Å². The summed E-state index contributed by atoms with van der Waals surface area (Å²) in [4.78, 5) is 11.1. The molecule has 3 nitrogen and oxygen atoms in total. The normalized spacial score (nSPS) is 18.0. The lowest BCUT2D eigenvalue weighted by Crippen LogP contribution is -2.16. The molecular formula is C9H13NO2. The van der Waals surface area contributed by atoms with Crippen molar-refractivity contribution in [3.05, 3.63) is 0 Å². The fourth-order valence-corrected chi connectivity index (χ4v) is 1.13. The Labute approximate surface area is 72.3 Å². The van der Waals surface area contributed by atoms with Crippen LogP contribution in [0.25, 0.3) is 0 Å². The van der Waals surface area contributed by atoms with Gasteiger partial charge in [-0.1, -0.05) is 12.8 Å². The summed E-state index contributed by atoms with van der Waals surface area (Å²) in [6.45, 7) is 2.12. The molecule has 0 amide bonds. The molecule has 12 heavy (non-hydrogen) atoms. The summed E-state index contributed by atoms with van der Waals surface area (Å²) < 4.78 is 4.76. The van der Waals surface area contributed by atoms with Crippen LogP contribution < -0.4 is 0 Å². The van der Waals surface area contributed by atoms with Gasteiger partial charge in [0.15, 0.2) is 0 Å². The first kappa shape index (κ1) is 9.05. The van der Waals surface area contributed by atoms with Crippen molar-refractivity contribution in [2.75, 3.05) is 6.61 Å². The molecular weight excluding hydrogens is 154 g/mol. The van der Waals surface area contributed by atoms with E-state index in [1.165, 1.54) is 0 Å². The number of rotatable bonds is 4. The Kier molecular flexibility index (Phi) is 3.09.